The van der Waals surface area contributed by atoms with Crippen molar-refractivity contribution in [3.8, 4) is 17.6 Å². The number of fused-ring (bicyclic) bond motifs is 1. The zero-order valence-electron chi connectivity index (χ0n) is 18.0. The quantitative estimate of drug-likeness (QED) is 0.362. The van der Waals surface area contributed by atoms with Crippen LogP contribution in [0.5, 0.6) is 11.5 Å². The molecule has 0 spiro atoms. The zero-order valence-corrected chi connectivity index (χ0v) is 18.8. The monoisotopic (exact) mass is 473 g/mol. The summed E-state index contributed by atoms with van der Waals surface area (Å²) in [4.78, 5) is 11.2. The van der Waals surface area contributed by atoms with Crippen LogP contribution >= 0.6 is 0 Å². The van der Waals surface area contributed by atoms with Crippen LogP contribution in [-0.4, -0.2) is 18.9 Å². The molecule has 34 heavy (non-hydrogen) atoms. The summed E-state index contributed by atoms with van der Waals surface area (Å²) < 4.78 is 40.8. The number of carbonyl (C=O) groups excluding carboxylic acids is 1. The highest BCUT2D eigenvalue weighted by Crippen LogP contribution is 2.34. The molecule has 0 unspecified atom stereocenters. The fourth-order valence-corrected chi connectivity index (χ4v) is 4.25. The number of hydrogen-bond acceptors (Lipinski definition) is 5. The van der Waals surface area contributed by atoms with Crippen molar-refractivity contribution in [3.63, 3.8) is 0 Å². The Morgan fingerprint density at radius 1 is 0.941 bits per heavy atom. The number of nitriles is 1. The van der Waals surface area contributed by atoms with Crippen molar-refractivity contribution in [2.45, 2.75) is 6.92 Å². The Hall–Kier alpha value is -4.39. The van der Waals surface area contributed by atoms with E-state index in [0.29, 0.717) is 15.7 Å². The molecule has 170 valence electrons. The normalized spacial score (nSPS) is 11.0. The van der Waals surface area contributed by atoms with Crippen LogP contribution in [0.3, 0.4) is 0 Å². The van der Waals surface area contributed by atoms with Crippen LogP contribution in [0.2, 0.25) is 0 Å². The highest BCUT2D eigenvalue weighted by molar-refractivity contribution is 7.87. The maximum absolute atomic E-state index is 12.2. The van der Waals surface area contributed by atoms with E-state index in [9.17, 15) is 23.0 Å². The van der Waals surface area contributed by atoms with Gasteiger partial charge in [0, 0.05) is 12.6 Å². The lowest BCUT2D eigenvalue weighted by Gasteiger charge is -2.22. The fourth-order valence-electron chi connectivity index (χ4n) is 3.48. The number of ether oxygens (including phenoxy) is 1. The molecule has 9 heteroatoms. The Bertz CT molecular complexity index is 1530. The predicted octanol–water partition coefficient (Wildman–Crippen LogP) is 5.40. The molecular formula is C25H19N3O5S. The van der Waals surface area contributed by atoms with Gasteiger partial charge in [-0.25, -0.2) is 4.31 Å². The molecule has 0 saturated heterocycles. The molecule has 0 aliphatic heterocycles. The molecule has 0 fully saturated rings. The average molecular weight is 474 g/mol. The van der Waals surface area contributed by atoms with Crippen LogP contribution in [0.1, 0.15) is 12.5 Å². The van der Waals surface area contributed by atoms with E-state index in [-0.39, 0.29) is 28.6 Å². The number of amides is 1. The summed E-state index contributed by atoms with van der Waals surface area (Å²) in [6, 6.07) is 25.3. The van der Waals surface area contributed by atoms with E-state index in [0.717, 1.165) is 10.8 Å². The summed E-state index contributed by atoms with van der Waals surface area (Å²) >= 11 is 0. The molecule has 4 aromatic rings. The average Bonchev–Trinajstić information content (AvgIpc) is 2.80. The van der Waals surface area contributed by atoms with Crippen LogP contribution < -0.4 is 14.4 Å². The van der Waals surface area contributed by atoms with Crippen molar-refractivity contribution in [2.75, 3.05) is 9.62 Å². The summed E-state index contributed by atoms with van der Waals surface area (Å²) in [6.07, 6.45) is 0. The predicted molar refractivity (Wildman–Crippen MR) is 130 cm³/mol. The number of benzene rings is 4. The van der Waals surface area contributed by atoms with Gasteiger partial charge in [-0.1, -0.05) is 30.3 Å². The van der Waals surface area contributed by atoms with E-state index in [2.05, 4.69) is 5.32 Å². The molecule has 8 nitrogen and oxygen atoms in total. The molecule has 0 heterocycles. The smallest absolute Gasteiger partial charge is 0.364 e. The Labute approximate surface area is 196 Å². The molecule has 2 N–H and O–H groups in total. The minimum Gasteiger partial charge on any atom is -0.456 e. The van der Waals surface area contributed by atoms with Gasteiger partial charge >= 0.3 is 10.3 Å². The Morgan fingerprint density at radius 3 is 2.26 bits per heavy atom. The highest BCUT2D eigenvalue weighted by Gasteiger charge is 2.23. The third kappa shape index (κ3) is 4.99. The van der Waals surface area contributed by atoms with Gasteiger partial charge in [-0.2, -0.15) is 13.7 Å². The second-order valence-electron chi connectivity index (χ2n) is 7.37. The van der Waals surface area contributed by atoms with E-state index < -0.39 is 10.3 Å². The molecule has 0 bridgehead atoms. The Balaban J connectivity index is 1.68. The van der Waals surface area contributed by atoms with Gasteiger partial charge in [0.1, 0.15) is 17.6 Å². The molecule has 0 radical (unpaired) electrons. The van der Waals surface area contributed by atoms with Crippen LogP contribution in [0, 0.1) is 11.3 Å². The van der Waals surface area contributed by atoms with Gasteiger partial charge in [0.2, 0.25) is 5.91 Å². The lowest BCUT2D eigenvalue weighted by atomic mass is 10.1. The molecule has 0 atom stereocenters. The van der Waals surface area contributed by atoms with Crippen molar-refractivity contribution in [1.82, 2.24) is 0 Å². The third-order valence-corrected chi connectivity index (χ3v) is 5.80. The van der Waals surface area contributed by atoms with E-state index >= 15 is 0 Å². The third-order valence-electron chi connectivity index (χ3n) is 4.92. The molecule has 0 saturated carbocycles. The summed E-state index contributed by atoms with van der Waals surface area (Å²) in [7, 11) is -4.73. The molecular weight excluding hydrogens is 454 g/mol. The van der Waals surface area contributed by atoms with Crippen molar-refractivity contribution in [1.29, 1.82) is 5.26 Å². The fraction of sp³-hybridized carbons (Fsp3) is 0.0400. The minimum atomic E-state index is -4.73. The van der Waals surface area contributed by atoms with E-state index in [1.54, 1.807) is 6.07 Å². The van der Waals surface area contributed by atoms with E-state index in [1.165, 1.54) is 49.4 Å². The number of hydrogen-bond donors (Lipinski definition) is 2. The van der Waals surface area contributed by atoms with Gasteiger partial charge < -0.3 is 10.1 Å². The summed E-state index contributed by atoms with van der Waals surface area (Å²) in [5.41, 5.74) is 0.693. The van der Waals surface area contributed by atoms with Crippen LogP contribution in [0.15, 0.2) is 84.9 Å². The highest BCUT2D eigenvalue weighted by atomic mass is 32.2. The first-order chi connectivity index (χ1) is 16.2. The second kappa shape index (κ2) is 9.23. The number of rotatable bonds is 6. The first kappa shape index (κ1) is 22.8. The molecule has 4 rings (SSSR count). The van der Waals surface area contributed by atoms with Crippen molar-refractivity contribution in [2.24, 2.45) is 0 Å². The van der Waals surface area contributed by atoms with Crippen LogP contribution in [0.25, 0.3) is 10.8 Å². The first-order valence-electron chi connectivity index (χ1n) is 10.1. The number of nitrogens with one attached hydrogen (secondary N) is 1. The number of nitrogens with zero attached hydrogens (tertiary/aromatic N) is 2. The van der Waals surface area contributed by atoms with E-state index in [1.807, 2.05) is 42.5 Å². The van der Waals surface area contributed by atoms with Gasteiger partial charge in [-0.05, 0) is 65.4 Å². The molecule has 4 aromatic carbocycles. The largest absolute Gasteiger partial charge is 0.456 e. The molecule has 0 aliphatic carbocycles. The van der Waals surface area contributed by atoms with Crippen molar-refractivity contribution in [3.05, 3.63) is 90.5 Å². The van der Waals surface area contributed by atoms with Crippen molar-refractivity contribution < 1.29 is 22.5 Å². The summed E-state index contributed by atoms with van der Waals surface area (Å²) in [5, 5.41) is 14.3. The molecule has 0 aromatic heterocycles. The lowest BCUT2D eigenvalue weighted by Crippen LogP contribution is -2.25. The minimum absolute atomic E-state index is 0.0391. The number of anilines is 3. The number of carbonyl (C=O) groups is 1. The molecule has 1 amide bonds. The van der Waals surface area contributed by atoms with Gasteiger partial charge in [0.25, 0.3) is 0 Å². The van der Waals surface area contributed by atoms with Crippen LogP contribution in [-0.2, 0) is 15.1 Å². The summed E-state index contributed by atoms with van der Waals surface area (Å²) in [5.74, 6) is 0.473. The topological polar surface area (TPSA) is 120 Å². The van der Waals surface area contributed by atoms with E-state index in [4.69, 9.17) is 4.74 Å². The molecule has 0 aliphatic rings. The standard InChI is InChI=1S/C25H19N3O5S/c1-17(29)27-21-7-9-22(10-8-21)28(34(30,31)32)23-11-13-25(20(14-23)16-26)33-24-12-6-18-4-2-3-5-19(18)15-24/h2-15H,1H3,(H,27,29)(H,30,31,32). The SMILES string of the molecule is CC(=O)Nc1ccc(N(c2ccc(Oc3ccc4ccccc4c3)c(C#N)c2)S(=O)(=O)O)cc1. The summed E-state index contributed by atoms with van der Waals surface area (Å²) in [6.45, 7) is 1.35. The zero-order chi connectivity index (χ0) is 24.3. The maximum atomic E-state index is 12.2. The van der Waals surface area contributed by atoms with Gasteiger partial charge in [0.15, 0.2) is 0 Å². The van der Waals surface area contributed by atoms with Gasteiger partial charge in [0.05, 0.1) is 16.9 Å². The lowest BCUT2D eigenvalue weighted by molar-refractivity contribution is -0.114. The first-order valence-corrected chi connectivity index (χ1v) is 11.5. The van der Waals surface area contributed by atoms with Gasteiger partial charge in [-0.3, -0.25) is 9.35 Å². The van der Waals surface area contributed by atoms with Crippen LogP contribution in [0.4, 0.5) is 17.1 Å². The Morgan fingerprint density at radius 2 is 1.62 bits per heavy atom. The Kier molecular flexibility index (Phi) is 6.19. The maximum Gasteiger partial charge on any atom is 0.364 e. The second-order valence-corrected chi connectivity index (χ2v) is 8.63. The van der Waals surface area contributed by atoms with Gasteiger partial charge in [-0.15, -0.1) is 0 Å². The van der Waals surface area contributed by atoms with Crippen molar-refractivity contribution >= 4 is 44.0 Å².